The largest absolute Gasteiger partial charge is 0.399 e. The van der Waals surface area contributed by atoms with Crippen LogP contribution in [-0.4, -0.2) is 22.3 Å². The molecule has 21 heavy (non-hydrogen) atoms. The van der Waals surface area contributed by atoms with Gasteiger partial charge in [-0.3, -0.25) is 0 Å². The van der Waals surface area contributed by atoms with Crippen LogP contribution in [0.25, 0.3) is 11.0 Å². The second kappa shape index (κ2) is 6.06. The number of nitrogens with two attached hydrogens (primary N) is 1. The third-order valence-electron chi connectivity index (χ3n) is 4.29. The Balaban J connectivity index is 1.79. The van der Waals surface area contributed by atoms with E-state index in [0.29, 0.717) is 12.0 Å². The highest BCUT2D eigenvalue weighted by molar-refractivity contribution is 5.79. The number of benzene rings is 1. The van der Waals surface area contributed by atoms with Crippen LogP contribution >= 0.6 is 0 Å². The van der Waals surface area contributed by atoms with Crippen LogP contribution in [0.3, 0.4) is 0 Å². The maximum atomic E-state index is 6.01. The maximum Gasteiger partial charge on any atom is 0.112 e. The van der Waals surface area contributed by atoms with Gasteiger partial charge >= 0.3 is 0 Å². The number of rotatable bonds is 5. The summed E-state index contributed by atoms with van der Waals surface area (Å²) in [7, 11) is 0. The third kappa shape index (κ3) is 3.05. The van der Waals surface area contributed by atoms with Crippen LogP contribution in [-0.2, 0) is 11.3 Å². The van der Waals surface area contributed by atoms with Crippen molar-refractivity contribution in [2.75, 3.05) is 12.3 Å². The van der Waals surface area contributed by atoms with Crippen molar-refractivity contribution in [1.29, 1.82) is 0 Å². The maximum absolute atomic E-state index is 6.01. The van der Waals surface area contributed by atoms with Gasteiger partial charge in [0.15, 0.2) is 0 Å². The standard InChI is InChI=1S/C17H25N3O/c1-12(2)17-19-15-11-13(18)7-8-16(15)20(17)9-10-21-14-5-3-4-6-14/h7-8,11-12,14H,3-6,9-10,18H2,1-2H3. The Morgan fingerprint density at radius 1 is 1.33 bits per heavy atom. The summed E-state index contributed by atoms with van der Waals surface area (Å²) in [5.74, 6) is 1.51. The first-order valence-electron chi connectivity index (χ1n) is 8.02. The van der Waals surface area contributed by atoms with Gasteiger partial charge in [0.1, 0.15) is 5.82 Å². The first kappa shape index (κ1) is 14.4. The Labute approximate surface area is 126 Å². The molecule has 1 aliphatic carbocycles. The minimum atomic E-state index is 0.394. The van der Waals surface area contributed by atoms with Gasteiger partial charge in [0, 0.05) is 18.2 Å². The second-order valence-electron chi connectivity index (χ2n) is 6.30. The molecule has 0 bridgehead atoms. The molecule has 0 atom stereocenters. The number of hydrogen-bond acceptors (Lipinski definition) is 3. The summed E-state index contributed by atoms with van der Waals surface area (Å²) in [6, 6.07) is 5.97. The summed E-state index contributed by atoms with van der Waals surface area (Å²) < 4.78 is 8.30. The van der Waals surface area contributed by atoms with E-state index < -0.39 is 0 Å². The van der Waals surface area contributed by atoms with Gasteiger partial charge in [-0.15, -0.1) is 0 Å². The highest BCUT2D eigenvalue weighted by Gasteiger charge is 2.17. The van der Waals surface area contributed by atoms with Crippen LogP contribution in [0.2, 0.25) is 0 Å². The van der Waals surface area contributed by atoms with Crippen molar-refractivity contribution >= 4 is 16.7 Å². The number of fused-ring (bicyclic) bond motifs is 1. The molecule has 1 saturated carbocycles. The molecule has 0 aliphatic heterocycles. The van der Waals surface area contributed by atoms with Crippen LogP contribution in [0.5, 0.6) is 0 Å². The predicted octanol–water partition coefficient (Wildman–Crippen LogP) is 3.70. The predicted molar refractivity (Wildman–Crippen MR) is 86.4 cm³/mol. The van der Waals surface area contributed by atoms with Crippen LogP contribution in [0, 0.1) is 0 Å². The summed E-state index contributed by atoms with van der Waals surface area (Å²) >= 11 is 0. The molecule has 0 amide bonds. The van der Waals surface area contributed by atoms with Gasteiger partial charge in [0.05, 0.1) is 23.7 Å². The van der Waals surface area contributed by atoms with E-state index in [9.17, 15) is 0 Å². The number of hydrogen-bond donors (Lipinski definition) is 1. The molecule has 114 valence electrons. The first-order valence-corrected chi connectivity index (χ1v) is 8.02. The average Bonchev–Trinajstić information content (AvgIpc) is 3.06. The molecule has 0 unspecified atom stereocenters. The zero-order valence-corrected chi connectivity index (χ0v) is 13.0. The van der Waals surface area contributed by atoms with Gasteiger partial charge in [0.2, 0.25) is 0 Å². The molecule has 0 spiro atoms. The van der Waals surface area contributed by atoms with E-state index in [-0.39, 0.29) is 0 Å². The monoisotopic (exact) mass is 287 g/mol. The van der Waals surface area contributed by atoms with Crippen LogP contribution in [0.1, 0.15) is 51.3 Å². The number of imidazole rings is 1. The quantitative estimate of drug-likeness (QED) is 0.853. The molecule has 2 N–H and O–H groups in total. The van der Waals surface area contributed by atoms with E-state index in [1.165, 1.54) is 25.7 Å². The van der Waals surface area contributed by atoms with Crippen molar-refractivity contribution in [3.63, 3.8) is 0 Å². The number of ether oxygens (including phenoxy) is 1. The van der Waals surface area contributed by atoms with Crippen molar-refractivity contribution in [3.05, 3.63) is 24.0 Å². The molecule has 1 aliphatic rings. The number of nitrogen functional groups attached to an aromatic ring is 1. The summed E-state index contributed by atoms with van der Waals surface area (Å²) in [6.07, 6.45) is 5.54. The molecule has 3 rings (SSSR count). The molecular formula is C17H25N3O. The Kier molecular flexibility index (Phi) is 4.15. The lowest BCUT2D eigenvalue weighted by Crippen LogP contribution is -2.15. The van der Waals surface area contributed by atoms with Gasteiger partial charge in [-0.1, -0.05) is 26.7 Å². The smallest absolute Gasteiger partial charge is 0.112 e. The summed E-state index contributed by atoms with van der Waals surface area (Å²) in [4.78, 5) is 4.75. The van der Waals surface area contributed by atoms with E-state index in [2.05, 4.69) is 24.5 Å². The van der Waals surface area contributed by atoms with Crippen LogP contribution in [0.15, 0.2) is 18.2 Å². The zero-order chi connectivity index (χ0) is 14.8. The minimum Gasteiger partial charge on any atom is -0.399 e. The molecule has 0 radical (unpaired) electrons. The van der Waals surface area contributed by atoms with Crippen molar-refractivity contribution in [2.24, 2.45) is 0 Å². The topological polar surface area (TPSA) is 53.1 Å². The molecular weight excluding hydrogens is 262 g/mol. The molecule has 4 heteroatoms. The molecule has 1 aromatic heterocycles. The lowest BCUT2D eigenvalue weighted by Gasteiger charge is -2.14. The van der Waals surface area contributed by atoms with E-state index in [4.69, 9.17) is 15.5 Å². The molecule has 4 nitrogen and oxygen atoms in total. The Morgan fingerprint density at radius 3 is 2.81 bits per heavy atom. The summed E-state index contributed by atoms with van der Waals surface area (Å²) in [6.45, 7) is 5.99. The van der Waals surface area contributed by atoms with Crippen LogP contribution in [0.4, 0.5) is 5.69 Å². The third-order valence-corrected chi connectivity index (χ3v) is 4.29. The van der Waals surface area contributed by atoms with Gasteiger partial charge in [-0.2, -0.15) is 0 Å². The summed E-state index contributed by atoms with van der Waals surface area (Å²) in [5, 5.41) is 0. The fraction of sp³-hybridized carbons (Fsp3) is 0.588. The summed E-state index contributed by atoms with van der Waals surface area (Å²) in [5.41, 5.74) is 8.78. The Bertz CT molecular complexity index is 612. The fourth-order valence-corrected chi connectivity index (χ4v) is 3.21. The molecule has 1 aromatic carbocycles. The lowest BCUT2D eigenvalue weighted by molar-refractivity contribution is 0.0530. The van der Waals surface area contributed by atoms with Crippen molar-refractivity contribution in [3.8, 4) is 0 Å². The highest BCUT2D eigenvalue weighted by atomic mass is 16.5. The van der Waals surface area contributed by atoms with Crippen molar-refractivity contribution < 1.29 is 4.74 Å². The van der Waals surface area contributed by atoms with E-state index in [1.54, 1.807) is 0 Å². The zero-order valence-electron chi connectivity index (χ0n) is 13.0. The molecule has 1 heterocycles. The minimum absolute atomic E-state index is 0.394. The van der Waals surface area contributed by atoms with Crippen molar-refractivity contribution in [2.45, 2.75) is 58.1 Å². The second-order valence-corrected chi connectivity index (χ2v) is 6.30. The van der Waals surface area contributed by atoms with Gasteiger partial charge in [-0.25, -0.2) is 4.98 Å². The van der Waals surface area contributed by atoms with E-state index >= 15 is 0 Å². The van der Waals surface area contributed by atoms with Gasteiger partial charge < -0.3 is 15.0 Å². The van der Waals surface area contributed by atoms with Crippen LogP contribution < -0.4 is 5.73 Å². The number of nitrogens with zero attached hydrogens (tertiary/aromatic N) is 2. The van der Waals surface area contributed by atoms with E-state index in [1.807, 2.05) is 12.1 Å². The molecule has 0 saturated heterocycles. The Morgan fingerprint density at radius 2 is 2.10 bits per heavy atom. The van der Waals surface area contributed by atoms with Gasteiger partial charge in [-0.05, 0) is 31.0 Å². The molecule has 1 fully saturated rings. The SMILES string of the molecule is CC(C)c1nc2cc(N)ccc2n1CCOC1CCCC1. The lowest BCUT2D eigenvalue weighted by atomic mass is 10.2. The van der Waals surface area contributed by atoms with Gasteiger partial charge in [0.25, 0.3) is 0 Å². The average molecular weight is 287 g/mol. The van der Waals surface area contributed by atoms with E-state index in [0.717, 1.165) is 35.7 Å². The number of aromatic nitrogens is 2. The Hall–Kier alpha value is -1.55. The highest BCUT2D eigenvalue weighted by Crippen LogP contribution is 2.24. The van der Waals surface area contributed by atoms with Crippen molar-refractivity contribution in [1.82, 2.24) is 9.55 Å². The number of anilines is 1. The first-order chi connectivity index (χ1) is 10.1. The molecule has 2 aromatic rings. The normalized spacial score (nSPS) is 16.3. The fourth-order valence-electron chi connectivity index (χ4n) is 3.21.